The topological polar surface area (TPSA) is 55.8 Å². The number of esters is 1. The van der Waals surface area contributed by atoms with Crippen LogP contribution in [0, 0.1) is 0 Å². The summed E-state index contributed by atoms with van der Waals surface area (Å²) in [6.45, 7) is 0.740. The number of rotatable bonds is 8. The number of carbonyl (C=O) groups is 2. The molecule has 1 heterocycles. The molecule has 0 N–H and O–H groups in total. The molecule has 0 unspecified atom stereocenters. The summed E-state index contributed by atoms with van der Waals surface area (Å²) >= 11 is 0. The summed E-state index contributed by atoms with van der Waals surface area (Å²) < 4.78 is 11.1. The van der Waals surface area contributed by atoms with E-state index in [1.54, 1.807) is 4.90 Å². The van der Waals surface area contributed by atoms with Crippen LogP contribution in [0.1, 0.15) is 29.0 Å². The first-order valence-corrected chi connectivity index (χ1v) is 11.5. The van der Waals surface area contributed by atoms with Crippen molar-refractivity contribution in [2.75, 3.05) is 20.3 Å². The lowest BCUT2D eigenvalue weighted by Gasteiger charge is -2.28. The lowest BCUT2D eigenvalue weighted by Crippen LogP contribution is -2.43. The van der Waals surface area contributed by atoms with Crippen LogP contribution in [0.15, 0.2) is 97.1 Å². The van der Waals surface area contributed by atoms with E-state index < -0.39 is 17.9 Å². The Kier molecular flexibility index (Phi) is 7.89. The highest BCUT2D eigenvalue weighted by Gasteiger charge is 2.43. The summed E-state index contributed by atoms with van der Waals surface area (Å²) in [5.41, 5.74) is 2.87. The Balaban J connectivity index is 1.52. The van der Waals surface area contributed by atoms with Crippen LogP contribution in [0.3, 0.4) is 0 Å². The molecule has 5 nitrogen and oxygen atoms in total. The van der Waals surface area contributed by atoms with Crippen molar-refractivity contribution >= 4 is 18.0 Å². The molecule has 1 amide bonds. The first-order valence-electron chi connectivity index (χ1n) is 11.5. The molecule has 0 spiro atoms. The van der Waals surface area contributed by atoms with E-state index in [0.29, 0.717) is 19.6 Å². The maximum absolute atomic E-state index is 13.9. The van der Waals surface area contributed by atoms with Crippen molar-refractivity contribution < 1.29 is 19.1 Å². The number of methoxy groups -OCH3 is 1. The minimum atomic E-state index is -0.671. The maximum atomic E-state index is 13.9. The quantitative estimate of drug-likeness (QED) is 0.463. The van der Waals surface area contributed by atoms with Crippen molar-refractivity contribution in [3.63, 3.8) is 0 Å². The standard InChI is InChI=1S/C29H29NO4/c1-33-29(32)26-20-25(34-19-11-14-22-12-5-2-6-13-22)21-30(26)28(31)27(23-15-7-3-8-16-23)24-17-9-4-10-18-24/h2-18,25-27H,19-21H2,1H3/t25-,26-/m1/s1. The smallest absolute Gasteiger partial charge is 0.328 e. The van der Waals surface area contributed by atoms with E-state index in [0.717, 1.165) is 16.7 Å². The number of nitrogens with zero attached hydrogens (tertiary/aromatic N) is 1. The van der Waals surface area contributed by atoms with Gasteiger partial charge in [0.05, 0.1) is 25.7 Å². The molecule has 34 heavy (non-hydrogen) atoms. The van der Waals surface area contributed by atoms with Crippen LogP contribution in [0.4, 0.5) is 0 Å². The highest BCUT2D eigenvalue weighted by atomic mass is 16.5. The van der Waals surface area contributed by atoms with Gasteiger partial charge in [-0.25, -0.2) is 4.79 Å². The Morgan fingerprint density at radius 2 is 1.47 bits per heavy atom. The van der Waals surface area contributed by atoms with Gasteiger partial charge >= 0.3 is 5.97 Å². The van der Waals surface area contributed by atoms with Gasteiger partial charge in [0.1, 0.15) is 6.04 Å². The Morgan fingerprint density at radius 3 is 2.03 bits per heavy atom. The van der Waals surface area contributed by atoms with E-state index in [1.165, 1.54) is 7.11 Å². The number of amides is 1. The van der Waals surface area contributed by atoms with E-state index in [-0.39, 0.29) is 12.0 Å². The van der Waals surface area contributed by atoms with Crippen LogP contribution in [0.2, 0.25) is 0 Å². The van der Waals surface area contributed by atoms with Gasteiger partial charge in [-0.3, -0.25) is 4.79 Å². The number of likely N-dealkylation sites (tertiary alicyclic amines) is 1. The zero-order chi connectivity index (χ0) is 23.8. The number of ether oxygens (including phenoxy) is 2. The van der Waals surface area contributed by atoms with Gasteiger partial charge in [-0.15, -0.1) is 0 Å². The second-order valence-corrected chi connectivity index (χ2v) is 8.29. The van der Waals surface area contributed by atoms with Crippen LogP contribution in [-0.2, 0) is 19.1 Å². The number of hydrogen-bond acceptors (Lipinski definition) is 4. The third kappa shape index (κ3) is 5.61. The zero-order valence-electron chi connectivity index (χ0n) is 19.2. The van der Waals surface area contributed by atoms with Crippen molar-refractivity contribution in [3.8, 4) is 0 Å². The molecule has 1 fully saturated rings. The Labute approximate surface area is 200 Å². The molecule has 0 bridgehead atoms. The predicted molar refractivity (Wildman–Crippen MR) is 132 cm³/mol. The van der Waals surface area contributed by atoms with Gasteiger partial charge in [-0.1, -0.05) is 103 Å². The third-order valence-electron chi connectivity index (χ3n) is 6.07. The molecule has 3 aromatic rings. The van der Waals surface area contributed by atoms with Crippen molar-refractivity contribution in [2.24, 2.45) is 0 Å². The van der Waals surface area contributed by atoms with Crippen LogP contribution in [0.5, 0.6) is 0 Å². The van der Waals surface area contributed by atoms with Crippen LogP contribution >= 0.6 is 0 Å². The molecule has 4 rings (SSSR count). The summed E-state index contributed by atoms with van der Waals surface area (Å²) in [5, 5.41) is 0. The summed E-state index contributed by atoms with van der Waals surface area (Å²) in [7, 11) is 1.35. The highest BCUT2D eigenvalue weighted by molar-refractivity contribution is 5.91. The Bertz CT molecular complexity index is 1060. The minimum absolute atomic E-state index is 0.126. The third-order valence-corrected chi connectivity index (χ3v) is 6.07. The molecule has 174 valence electrons. The highest BCUT2D eigenvalue weighted by Crippen LogP contribution is 2.31. The summed E-state index contributed by atoms with van der Waals surface area (Å²) in [6, 6.07) is 28.6. The fourth-order valence-electron chi connectivity index (χ4n) is 4.40. The number of hydrogen-bond donors (Lipinski definition) is 0. The summed E-state index contributed by atoms with van der Waals surface area (Å²) in [5.74, 6) is -1.05. The summed E-state index contributed by atoms with van der Waals surface area (Å²) in [6.07, 6.45) is 4.11. The SMILES string of the molecule is COC(=O)[C@H]1C[C@@H](OCC=Cc2ccccc2)CN1C(=O)C(c1ccccc1)c1ccccc1. The van der Waals surface area contributed by atoms with E-state index >= 15 is 0 Å². The molecule has 0 aromatic heterocycles. The lowest BCUT2D eigenvalue weighted by molar-refractivity contribution is -0.151. The average Bonchev–Trinajstić information content (AvgIpc) is 3.32. The van der Waals surface area contributed by atoms with Gasteiger partial charge in [0.25, 0.3) is 0 Å². The first kappa shape index (κ1) is 23.5. The molecule has 0 radical (unpaired) electrons. The average molecular weight is 456 g/mol. The molecular weight excluding hydrogens is 426 g/mol. The van der Waals surface area contributed by atoms with E-state index in [4.69, 9.17) is 9.47 Å². The van der Waals surface area contributed by atoms with Gasteiger partial charge in [0.2, 0.25) is 5.91 Å². The van der Waals surface area contributed by atoms with Crippen LogP contribution in [-0.4, -0.2) is 49.2 Å². The number of benzene rings is 3. The lowest BCUT2D eigenvalue weighted by atomic mass is 9.90. The van der Waals surface area contributed by atoms with Crippen molar-refractivity contribution in [3.05, 3.63) is 114 Å². The molecule has 1 aliphatic heterocycles. The molecule has 1 saturated heterocycles. The molecule has 1 aliphatic rings. The van der Waals surface area contributed by atoms with Gasteiger partial charge in [-0.2, -0.15) is 0 Å². The van der Waals surface area contributed by atoms with Crippen LogP contribution in [0.25, 0.3) is 6.08 Å². The van der Waals surface area contributed by atoms with E-state index in [2.05, 4.69) is 0 Å². The molecule has 5 heteroatoms. The fourth-order valence-corrected chi connectivity index (χ4v) is 4.40. The number of carbonyl (C=O) groups excluding carboxylic acids is 2. The zero-order valence-corrected chi connectivity index (χ0v) is 19.2. The fraction of sp³-hybridized carbons (Fsp3) is 0.241. The van der Waals surface area contributed by atoms with Crippen molar-refractivity contribution in [2.45, 2.75) is 24.5 Å². The second kappa shape index (κ2) is 11.4. The monoisotopic (exact) mass is 455 g/mol. The molecule has 0 saturated carbocycles. The first-order chi connectivity index (χ1) is 16.7. The van der Waals surface area contributed by atoms with Crippen LogP contribution < -0.4 is 0 Å². The van der Waals surface area contributed by atoms with E-state index in [9.17, 15) is 9.59 Å². The predicted octanol–water partition coefficient (Wildman–Crippen LogP) is 4.69. The van der Waals surface area contributed by atoms with Gasteiger partial charge in [0.15, 0.2) is 0 Å². The summed E-state index contributed by atoms with van der Waals surface area (Å²) in [4.78, 5) is 28.1. The second-order valence-electron chi connectivity index (χ2n) is 8.29. The minimum Gasteiger partial charge on any atom is -0.467 e. The molecule has 2 atom stereocenters. The van der Waals surface area contributed by atoms with Crippen molar-refractivity contribution in [1.82, 2.24) is 4.90 Å². The Hall–Kier alpha value is -3.70. The Morgan fingerprint density at radius 1 is 0.912 bits per heavy atom. The van der Waals surface area contributed by atoms with Gasteiger partial charge < -0.3 is 14.4 Å². The van der Waals surface area contributed by atoms with Gasteiger partial charge in [0, 0.05) is 13.0 Å². The van der Waals surface area contributed by atoms with E-state index in [1.807, 2.05) is 103 Å². The largest absolute Gasteiger partial charge is 0.467 e. The normalized spacial score (nSPS) is 17.9. The maximum Gasteiger partial charge on any atom is 0.328 e. The van der Waals surface area contributed by atoms with Crippen molar-refractivity contribution in [1.29, 1.82) is 0 Å². The molecule has 3 aromatic carbocycles. The van der Waals surface area contributed by atoms with Gasteiger partial charge in [-0.05, 0) is 16.7 Å². The molecular formula is C29H29NO4. The molecule has 0 aliphatic carbocycles.